The fourth-order valence-corrected chi connectivity index (χ4v) is 1.74. The van der Waals surface area contributed by atoms with E-state index in [0.717, 1.165) is 18.7 Å². The summed E-state index contributed by atoms with van der Waals surface area (Å²) in [5.41, 5.74) is 6.87. The molecule has 0 saturated heterocycles. The lowest BCUT2D eigenvalue weighted by molar-refractivity contribution is 0.1000. The maximum absolute atomic E-state index is 11.0. The van der Waals surface area contributed by atoms with Gasteiger partial charge in [-0.05, 0) is 38.7 Å². The van der Waals surface area contributed by atoms with Gasteiger partial charge in [-0.1, -0.05) is 12.1 Å². The number of nitrogens with zero attached hydrogens (tertiary/aromatic N) is 1. The van der Waals surface area contributed by atoms with Crippen molar-refractivity contribution in [2.75, 3.05) is 20.6 Å². The molecule has 0 aliphatic carbocycles. The summed E-state index contributed by atoms with van der Waals surface area (Å²) in [5, 5.41) is 3.40. The Morgan fingerprint density at radius 3 is 2.76 bits per heavy atom. The molecule has 0 heterocycles. The van der Waals surface area contributed by atoms with Gasteiger partial charge in [-0.3, -0.25) is 4.79 Å². The van der Waals surface area contributed by atoms with Gasteiger partial charge in [0.1, 0.15) is 0 Å². The molecule has 0 aliphatic rings. The van der Waals surface area contributed by atoms with Gasteiger partial charge >= 0.3 is 0 Å². The molecule has 1 aromatic carbocycles. The van der Waals surface area contributed by atoms with Crippen molar-refractivity contribution in [2.24, 2.45) is 5.73 Å². The summed E-state index contributed by atoms with van der Waals surface area (Å²) in [6.45, 7) is 3.86. The summed E-state index contributed by atoms with van der Waals surface area (Å²) in [5.74, 6) is -0.381. The Morgan fingerprint density at radius 2 is 2.18 bits per heavy atom. The van der Waals surface area contributed by atoms with E-state index in [9.17, 15) is 4.79 Å². The predicted molar refractivity (Wildman–Crippen MR) is 69.8 cm³/mol. The molecule has 0 saturated carbocycles. The third-order valence-electron chi connectivity index (χ3n) is 2.51. The maximum Gasteiger partial charge on any atom is 0.248 e. The molecule has 94 valence electrons. The molecule has 1 amide bonds. The standard InChI is InChI=1S/C13H21N3O/c1-10(9-16(2)3)15-8-11-5-4-6-12(7-11)13(14)17/h4-7,10,15H,8-9H2,1-3H3,(H2,14,17). The highest BCUT2D eigenvalue weighted by molar-refractivity contribution is 5.92. The van der Waals surface area contributed by atoms with Crippen LogP contribution in [-0.4, -0.2) is 37.5 Å². The summed E-state index contributed by atoms with van der Waals surface area (Å²) in [6.07, 6.45) is 0. The molecule has 0 radical (unpaired) electrons. The number of hydrogen-bond acceptors (Lipinski definition) is 3. The maximum atomic E-state index is 11.0. The highest BCUT2D eigenvalue weighted by atomic mass is 16.1. The van der Waals surface area contributed by atoms with Crippen LogP contribution >= 0.6 is 0 Å². The summed E-state index contributed by atoms with van der Waals surface area (Å²) in [7, 11) is 4.10. The Labute approximate surface area is 103 Å². The van der Waals surface area contributed by atoms with Crippen LogP contribution in [0.1, 0.15) is 22.8 Å². The molecular formula is C13H21N3O. The van der Waals surface area contributed by atoms with Crippen LogP contribution in [0.3, 0.4) is 0 Å². The van der Waals surface area contributed by atoms with Gasteiger partial charge in [0.15, 0.2) is 0 Å². The van der Waals surface area contributed by atoms with Gasteiger partial charge in [-0.15, -0.1) is 0 Å². The van der Waals surface area contributed by atoms with Gasteiger partial charge in [-0.2, -0.15) is 0 Å². The Balaban J connectivity index is 2.51. The molecule has 1 atom stereocenters. The Morgan fingerprint density at radius 1 is 1.47 bits per heavy atom. The Kier molecular flexibility index (Phi) is 5.12. The first kappa shape index (κ1) is 13.7. The second kappa shape index (κ2) is 6.37. The molecule has 0 spiro atoms. The lowest BCUT2D eigenvalue weighted by Gasteiger charge is -2.18. The Bertz CT molecular complexity index is 377. The number of likely N-dealkylation sites (N-methyl/N-ethyl adjacent to an activating group) is 1. The first-order valence-electron chi connectivity index (χ1n) is 5.76. The molecule has 4 heteroatoms. The first-order valence-corrected chi connectivity index (χ1v) is 5.76. The van der Waals surface area contributed by atoms with Crippen LogP contribution in [0.2, 0.25) is 0 Å². The second-order valence-electron chi connectivity index (χ2n) is 4.61. The molecular weight excluding hydrogens is 214 g/mol. The van der Waals surface area contributed by atoms with Crippen molar-refractivity contribution >= 4 is 5.91 Å². The monoisotopic (exact) mass is 235 g/mol. The van der Waals surface area contributed by atoms with Crippen LogP contribution < -0.4 is 11.1 Å². The fraction of sp³-hybridized carbons (Fsp3) is 0.462. The summed E-state index contributed by atoms with van der Waals surface area (Å²) in [4.78, 5) is 13.2. The zero-order chi connectivity index (χ0) is 12.8. The average molecular weight is 235 g/mol. The number of rotatable bonds is 6. The van der Waals surface area contributed by atoms with E-state index in [2.05, 4.69) is 17.1 Å². The van der Waals surface area contributed by atoms with Crippen LogP contribution in [0.5, 0.6) is 0 Å². The topological polar surface area (TPSA) is 58.4 Å². The lowest BCUT2D eigenvalue weighted by Crippen LogP contribution is -2.35. The molecule has 1 aromatic rings. The van der Waals surface area contributed by atoms with Crippen molar-refractivity contribution in [3.8, 4) is 0 Å². The smallest absolute Gasteiger partial charge is 0.248 e. The van der Waals surface area contributed by atoms with Crippen molar-refractivity contribution < 1.29 is 4.79 Å². The number of nitrogens with two attached hydrogens (primary N) is 1. The van der Waals surface area contributed by atoms with E-state index in [1.54, 1.807) is 6.07 Å². The van der Waals surface area contributed by atoms with Crippen molar-refractivity contribution in [1.82, 2.24) is 10.2 Å². The Hall–Kier alpha value is -1.39. The van der Waals surface area contributed by atoms with Crippen LogP contribution in [0.4, 0.5) is 0 Å². The molecule has 1 unspecified atom stereocenters. The van der Waals surface area contributed by atoms with Gasteiger partial charge in [0.2, 0.25) is 5.91 Å². The zero-order valence-electron chi connectivity index (χ0n) is 10.7. The highest BCUT2D eigenvalue weighted by Gasteiger charge is 2.04. The number of nitrogens with one attached hydrogen (secondary N) is 1. The van der Waals surface area contributed by atoms with E-state index in [4.69, 9.17) is 5.73 Å². The van der Waals surface area contributed by atoms with Crippen molar-refractivity contribution in [3.63, 3.8) is 0 Å². The predicted octanol–water partition coefficient (Wildman–Crippen LogP) is 0.825. The van der Waals surface area contributed by atoms with Crippen molar-refractivity contribution in [1.29, 1.82) is 0 Å². The number of amides is 1. The SMILES string of the molecule is CC(CN(C)C)NCc1cccc(C(N)=O)c1. The van der Waals surface area contributed by atoms with E-state index in [-0.39, 0.29) is 5.91 Å². The lowest BCUT2D eigenvalue weighted by atomic mass is 10.1. The van der Waals surface area contributed by atoms with Gasteiger partial charge < -0.3 is 16.0 Å². The minimum absolute atomic E-state index is 0.381. The van der Waals surface area contributed by atoms with Gasteiger partial charge in [0.25, 0.3) is 0 Å². The third kappa shape index (κ3) is 4.97. The number of hydrogen-bond donors (Lipinski definition) is 2. The van der Waals surface area contributed by atoms with Crippen molar-refractivity contribution in [2.45, 2.75) is 19.5 Å². The molecule has 0 bridgehead atoms. The average Bonchev–Trinajstić information content (AvgIpc) is 2.26. The van der Waals surface area contributed by atoms with E-state index in [1.165, 1.54) is 0 Å². The van der Waals surface area contributed by atoms with Crippen LogP contribution in [0, 0.1) is 0 Å². The summed E-state index contributed by atoms with van der Waals surface area (Å²) in [6, 6.07) is 7.81. The van der Waals surface area contributed by atoms with Gasteiger partial charge in [-0.25, -0.2) is 0 Å². The molecule has 17 heavy (non-hydrogen) atoms. The fourth-order valence-electron chi connectivity index (χ4n) is 1.74. The molecule has 4 nitrogen and oxygen atoms in total. The number of primary amides is 1. The summed E-state index contributed by atoms with van der Waals surface area (Å²) < 4.78 is 0. The number of carbonyl (C=O) groups is 1. The minimum atomic E-state index is -0.381. The normalized spacial score (nSPS) is 12.7. The van der Waals surface area contributed by atoms with Gasteiger partial charge in [0, 0.05) is 24.7 Å². The highest BCUT2D eigenvalue weighted by Crippen LogP contribution is 2.04. The molecule has 0 fully saturated rings. The van der Waals surface area contributed by atoms with Crippen molar-refractivity contribution in [3.05, 3.63) is 35.4 Å². The van der Waals surface area contributed by atoms with Crippen LogP contribution in [0.25, 0.3) is 0 Å². The molecule has 0 aromatic heterocycles. The zero-order valence-corrected chi connectivity index (χ0v) is 10.7. The molecule has 0 aliphatic heterocycles. The largest absolute Gasteiger partial charge is 0.366 e. The summed E-state index contributed by atoms with van der Waals surface area (Å²) >= 11 is 0. The third-order valence-corrected chi connectivity index (χ3v) is 2.51. The molecule has 3 N–H and O–H groups in total. The second-order valence-corrected chi connectivity index (χ2v) is 4.61. The van der Waals surface area contributed by atoms with E-state index in [1.807, 2.05) is 32.3 Å². The van der Waals surface area contributed by atoms with Gasteiger partial charge in [0.05, 0.1) is 0 Å². The quantitative estimate of drug-likeness (QED) is 0.767. The first-order chi connectivity index (χ1) is 7.99. The number of benzene rings is 1. The van der Waals surface area contributed by atoms with E-state index >= 15 is 0 Å². The van der Waals surface area contributed by atoms with E-state index in [0.29, 0.717) is 11.6 Å². The van der Waals surface area contributed by atoms with Crippen LogP contribution in [0.15, 0.2) is 24.3 Å². The van der Waals surface area contributed by atoms with Crippen LogP contribution in [-0.2, 0) is 6.54 Å². The van der Waals surface area contributed by atoms with E-state index < -0.39 is 0 Å². The number of carbonyl (C=O) groups excluding carboxylic acids is 1. The minimum Gasteiger partial charge on any atom is -0.366 e. The molecule has 1 rings (SSSR count).